The normalized spacial score (nSPS) is 10.9. The van der Waals surface area contributed by atoms with Gasteiger partial charge in [-0.2, -0.15) is 5.10 Å². The van der Waals surface area contributed by atoms with Gasteiger partial charge < -0.3 is 9.67 Å². The van der Waals surface area contributed by atoms with Crippen LogP contribution in [0.15, 0.2) is 42.9 Å². The maximum Gasteiger partial charge on any atom is 0.337 e. The zero-order chi connectivity index (χ0) is 12.7. The van der Waals surface area contributed by atoms with E-state index in [1.54, 1.807) is 17.1 Å². The van der Waals surface area contributed by atoms with Crippen LogP contribution in [-0.4, -0.2) is 25.4 Å². The molecule has 5 nitrogen and oxygen atoms in total. The average Bonchev–Trinajstić information content (AvgIpc) is 2.92. The molecular formula is C13H11N3O2. The van der Waals surface area contributed by atoms with Crippen molar-refractivity contribution in [2.45, 2.75) is 0 Å². The highest BCUT2D eigenvalue weighted by Crippen LogP contribution is 2.24. The summed E-state index contributed by atoms with van der Waals surface area (Å²) in [5.41, 5.74) is 2.01. The number of aromatic carboxylic acids is 1. The summed E-state index contributed by atoms with van der Waals surface area (Å²) >= 11 is 0. The van der Waals surface area contributed by atoms with Gasteiger partial charge in [-0.1, -0.05) is 18.2 Å². The first-order valence-electron chi connectivity index (χ1n) is 5.49. The Bertz CT molecular complexity index is 740. The molecule has 0 atom stereocenters. The Labute approximate surface area is 103 Å². The number of aromatic nitrogens is 3. The molecule has 1 aromatic carbocycles. The highest BCUT2D eigenvalue weighted by atomic mass is 16.4. The number of carboxylic acids is 1. The van der Waals surface area contributed by atoms with Crippen molar-refractivity contribution in [3.05, 3.63) is 48.4 Å². The molecule has 0 spiro atoms. The fourth-order valence-electron chi connectivity index (χ4n) is 2.10. The van der Waals surface area contributed by atoms with Gasteiger partial charge in [-0.3, -0.25) is 4.68 Å². The molecular weight excluding hydrogens is 230 g/mol. The predicted molar refractivity (Wildman–Crippen MR) is 67.0 cm³/mol. The Balaban J connectivity index is 2.33. The minimum atomic E-state index is -0.922. The van der Waals surface area contributed by atoms with E-state index in [0.717, 1.165) is 16.6 Å². The second kappa shape index (κ2) is 3.73. The molecule has 0 unspecified atom stereocenters. The quantitative estimate of drug-likeness (QED) is 0.747. The largest absolute Gasteiger partial charge is 0.478 e. The van der Waals surface area contributed by atoms with Gasteiger partial charge >= 0.3 is 5.97 Å². The van der Waals surface area contributed by atoms with E-state index in [-0.39, 0.29) is 0 Å². The van der Waals surface area contributed by atoms with Crippen molar-refractivity contribution in [3.63, 3.8) is 0 Å². The van der Waals surface area contributed by atoms with Crippen LogP contribution in [0.4, 0.5) is 0 Å². The molecule has 18 heavy (non-hydrogen) atoms. The summed E-state index contributed by atoms with van der Waals surface area (Å²) in [6.07, 6.45) is 5.18. The topological polar surface area (TPSA) is 60.0 Å². The Kier molecular flexibility index (Phi) is 2.19. The van der Waals surface area contributed by atoms with E-state index in [9.17, 15) is 9.90 Å². The molecule has 0 saturated heterocycles. The third kappa shape index (κ3) is 1.48. The number of para-hydroxylation sites is 1. The number of carbonyl (C=O) groups is 1. The smallest absolute Gasteiger partial charge is 0.337 e. The van der Waals surface area contributed by atoms with E-state index < -0.39 is 5.97 Å². The summed E-state index contributed by atoms with van der Waals surface area (Å²) in [6, 6.07) is 7.43. The van der Waals surface area contributed by atoms with E-state index >= 15 is 0 Å². The van der Waals surface area contributed by atoms with E-state index in [4.69, 9.17) is 0 Å². The molecule has 0 bridgehead atoms. The van der Waals surface area contributed by atoms with Crippen LogP contribution in [0.2, 0.25) is 0 Å². The van der Waals surface area contributed by atoms with Crippen molar-refractivity contribution in [1.29, 1.82) is 0 Å². The summed E-state index contributed by atoms with van der Waals surface area (Å²) in [7, 11) is 1.83. The van der Waals surface area contributed by atoms with Gasteiger partial charge in [0, 0.05) is 24.8 Å². The number of carboxylic acid groups (broad SMARTS) is 1. The van der Waals surface area contributed by atoms with Crippen molar-refractivity contribution < 1.29 is 9.90 Å². The van der Waals surface area contributed by atoms with Crippen LogP contribution in [0, 0.1) is 0 Å². The van der Waals surface area contributed by atoms with Gasteiger partial charge in [-0.05, 0) is 6.07 Å². The van der Waals surface area contributed by atoms with Crippen LogP contribution in [0.3, 0.4) is 0 Å². The zero-order valence-corrected chi connectivity index (χ0v) is 9.74. The Hall–Kier alpha value is -2.56. The van der Waals surface area contributed by atoms with E-state index in [1.165, 1.54) is 0 Å². The summed E-state index contributed by atoms with van der Waals surface area (Å²) < 4.78 is 3.52. The molecule has 2 heterocycles. The number of hydrogen-bond acceptors (Lipinski definition) is 2. The standard InChI is InChI=1S/C13H11N3O2/c1-15-7-9(6-14-15)16-8-11(13(17)18)10-4-2-3-5-12(10)16/h2-8H,1H3,(H,17,18). The second-order valence-electron chi connectivity index (χ2n) is 4.11. The fraction of sp³-hybridized carbons (Fsp3) is 0.0769. The lowest BCUT2D eigenvalue weighted by Gasteiger charge is -1.99. The van der Waals surface area contributed by atoms with Crippen molar-refractivity contribution in [2.75, 3.05) is 0 Å². The summed E-state index contributed by atoms with van der Waals surface area (Å²) in [5, 5.41) is 14.0. The minimum absolute atomic E-state index is 0.300. The lowest BCUT2D eigenvalue weighted by atomic mass is 10.2. The third-order valence-corrected chi connectivity index (χ3v) is 2.91. The van der Waals surface area contributed by atoms with Gasteiger partial charge in [0.05, 0.1) is 23.0 Å². The molecule has 3 rings (SSSR count). The zero-order valence-electron chi connectivity index (χ0n) is 9.74. The Morgan fingerprint density at radius 3 is 2.72 bits per heavy atom. The summed E-state index contributed by atoms with van der Waals surface area (Å²) in [6.45, 7) is 0. The molecule has 2 aromatic heterocycles. The number of fused-ring (bicyclic) bond motifs is 1. The first-order chi connectivity index (χ1) is 8.66. The first kappa shape index (κ1) is 10.6. The molecule has 5 heteroatoms. The molecule has 0 fully saturated rings. The lowest BCUT2D eigenvalue weighted by Crippen LogP contribution is -1.94. The fourth-order valence-corrected chi connectivity index (χ4v) is 2.10. The molecule has 0 aliphatic heterocycles. The van der Waals surface area contributed by atoms with Gasteiger partial charge in [0.25, 0.3) is 0 Å². The monoisotopic (exact) mass is 241 g/mol. The summed E-state index contributed by atoms with van der Waals surface area (Å²) in [5.74, 6) is -0.922. The molecule has 0 aliphatic rings. The number of rotatable bonds is 2. The number of benzene rings is 1. The van der Waals surface area contributed by atoms with E-state index in [2.05, 4.69) is 5.10 Å². The highest BCUT2D eigenvalue weighted by Gasteiger charge is 2.14. The maximum atomic E-state index is 11.2. The third-order valence-electron chi connectivity index (χ3n) is 2.91. The van der Waals surface area contributed by atoms with Gasteiger partial charge in [0.1, 0.15) is 0 Å². The molecule has 0 saturated carbocycles. The number of nitrogens with zero attached hydrogens (tertiary/aromatic N) is 3. The van der Waals surface area contributed by atoms with Crippen LogP contribution in [-0.2, 0) is 7.05 Å². The lowest BCUT2D eigenvalue weighted by molar-refractivity contribution is 0.0699. The number of hydrogen-bond donors (Lipinski definition) is 1. The minimum Gasteiger partial charge on any atom is -0.478 e. The molecule has 1 N–H and O–H groups in total. The van der Waals surface area contributed by atoms with Crippen LogP contribution >= 0.6 is 0 Å². The molecule has 0 aliphatic carbocycles. The van der Waals surface area contributed by atoms with E-state index in [1.807, 2.05) is 42.1 Å². The van der Waals surface area contributed by atoms with Crippen molar-refractivity contribution in [1.82, 2.24) is 14.3 Å². The Morgan fingerprint density at radius 1 is 1.28 bits per heavy atom. The average molecular weight is 241 g/mol. The van der Waals surface area contributed by atoms with Crippen molar-refractivity contribution in [2.24, 2.45) is 7.05 Å². The molecule has 3 aromatic rings. The molecule has 90 valence electrons. The Morgan fingerprint density at radius 2 is 2.06 bits per heavy atom. The van der Waals surface area contributed by atoms with Gasteiger partial charge in [-0.15, -0.1) is 0 Å². The van der Waals surface area contributed by atoms with Crippen LogP contribution in [0.25, 0.3) is 16.6 Å². The maximum absolute atomic E-state index is 11.2. The van der Waals surface area contributed by atoms with Crippen molar-refractivity contribution >= 4 is 16.9 Å². The predicted octanol–water partition coefficient (Wildman–Crippen LogP) is 2.06. The SMILES string of the molecule is Cn1cc(-n2cc(C(=O)O)c3ccccc32)cn1. The molecule has 0 amide bonds. The highest BCUT2D eigenvalue weighted by molar-refractivity contribution is 6.04. The van der Waals surface area contributed by atoms with Crippen LogP contribution in [0.1, 0.15) is 10.4 Å². The van der Waals surface area contributed by atoms with Crippen LogP contribution in [0.5, 0.6) is 0 Å². The summed E-state index contributed by atoms with van der Waals surface area (Å²) in [4.78, 5) is 11.2. The first-order valence-corrected chi connectivity index (χ1v) is 5.49. The van der Waals surface area contributed by atoms with E-state index in [0.29, 0.717) is 5.56 Å². The van der Waals surface area contributed by atoms with Crippen molar-refractivity contribution in [3.8, 4) is 5.69 Å². The second-order valence-corrected chi connectivity index (χ2v) is 4.11. The molecule has 0 radical (unpaired) electrons. The van der Waals surface area contributed by atoms with Gasteiger partial charge in [0.2, 0.25) is 0 Å². The van der Waals surface area contributed by atoms with Crippen LogP contribution < -0.4 is 0 Å². The number of aryl methyl sites for hydroxylation is 1. The van der Waals surface area contributed by atoms with Gasteiger partial charge in [0.15, 0.2) is 0 Å². The van der Waals surface area contributed by atoms with Gasteiger partial charge in [-0.25, -0.2) is 4.79 Å².